The number of carbonyl (C=O) groups excluding carboxylic acids is 2. The second-order valence-electron chi connectivity index (χ2n) is 5.22. The van der Waals surface area contributed by atoms with Crippen molar-refractivity contribution in [2.24, 2.45) is 0 Å². The van der Waals surface area contributed by atoms with Crippen LogP contribution in [0, 0.1) is 0 Å². The molecule has 0 heterocycles. The SMILES string of the molecule is CCCCOc1ccc(C(=O)Nc2ccccc2C(=O)OC)cc1. The van der Waals surface area contributed by atoms with Crippen molar-refractivity contribution >= 4 is 17.6 Å². The maximum absolute atomic E-state index is 12.3. The van der Waals surface area contributed by atoms with Gasteiger partial charge in [-0.05, 0) is 42.8 Å². The van der Waals surface area contributed by atoms with Crippen LogP contribution in [0.1, 0.15) is 40.5 Å². The second-order valence-corrected chi connectivity index (χ2v) is 5.22. The molecule has 126 valence electrons. The summed E-state index contributed by atoms with van der Waals surface area (Å²) in [4.78, 5) is 24.1. The van der Waals surface area contributed by atoms with E-state index in [-0.39, 0.29) is 5.91 Å². The number of ether oxygens (including phenoxy) is 2. The van der Waals surface area contributed by atoms with Crippen molar-refractivity contribution in [3.63, 3.8) is 0 Å². The first-order chi connectivity index (χ1) is 11.7. The molecule has 0 unspecified atom stereocenters. The minimum Gasteiger partial charge on any atom is -0.494 e. The van der Waals surface area contributed by atoms with Gasteiger partial charge in [-0.3, -0.25) is 4.79 Å². The topological polar surface area (TPSA) is 64.6 Å². The molecule has 0 aliphatic carbocycles. The van der Waals surface area contributed by atoms with Gasteiger partial charge in [0.25, 0.3) is 5.91 Å². The lowest BCUT2D eigenvalue weighted by molar-refractivity contribution is 0.0602. The number of amides is 1. The summed E-state index contributed by atoms with van der Waals surface area (Å²) >= 11 is 0. The number of hydrogen-bond donors (Lipinski definition) is 1. The third-order valence-electron chi connectivity index (χ3n) is 3.46. The number of para-hydroxylation sites is 1. The van der Waals surface area contributed by atoms with Crippen LogP contribution in [-0.4, -0.2) is 25.6 Å². The van der Waals surface area contributed by atoms with Crippen molar-refractivity contribution in [2.45, 2.75) is 19.8 Å². The van der Waals surface area contributed by atoms with E-state index in [2.05, 4.69) is 12.2 Å². The highest BCUT2D eigenvalue weighted by molar-refractivity contribution is 6.08. The fraction of sp³-hybridized carbons (Fsp3) is 0.263. The zero-order chi connectivity index (χ0) is 17.4. The van der Waals surface area contributed by atoms with Gasteiger partial charge in [0.1, 0.15) is 5.75 Å². The van der Waals surface area contributed by atoms with Crippen molar-refractivity contribution in [1.82, 2.24) is 0 Å². The van der Waals surface area contributed by atoms with Gasteiger partial charge in [0, 0.05) is 5.56 Å². The van der Waals surface area contributed by atoms with E-state index in [1.807, 2.05) is 0 Å². The molecule has 0 bridgehead atoms. The zero-order valence-electron chi connectivity index (χ0n) is 13.9. The summed E-state index contributed by atoms with van der Waals surface area (Å²) in [6.45, 7) is 2.76. The van der Waals surface area contributed by atoms with Gasteiger partial charge < -0.3 is 14.8 Å². The number of esters is 1. The molecule has 0 saturated heterocycles. The first kappa shape index (κ1) is 17.5. The Morgan fingerprint density at radius 2 is 1.75 bits per heavy atom. The van der Waals surface area contributed by atoms with Crippen LogP contribution in [0.4, 0.5) is 5.69 Å². The molecular formula is C19H21NO4. The summed E-state index contributed by atoms with van der Waals surface area (Å²) in [5.74, 6) is -0.0630. The summed E-state index contributed by atoms with van der Waals surface area (Å²) in [6.07, 6.45) is 2.06. The highest BCUT2D eigenvalue weighted by Crippen LogP contribution is 2.18. The van der Waals surface area contributed by atoms with Gasteiger partial charge >= 0.3 is 5.97 Å². The van der Waals surface area contributed by atoms with E-state index >= 15 is 0 Å². The van der Waals surface area contributed by atoms with E-state index in [0.717, 1.165) is 18.6 Å². The molecule has 0 spiro atoms. The highest BCUT2D eigenvalue weighted by Gasteiger charge is 2.14. The molecule has 0 aliphatic heterocycles. The van der Waals surface area contributed by atoms with Crippen LogP contribution in [0.15, 0.2) is 48.5 Å². The molecule has 5 heteroatoms. The van der Waals surface area contributed by atoms with Crippen molar-refractivity contribution < 1.29 is 19.1 Å². The van der Waals surface area contributed by atoms with E-state index in [0.29, 0.717) is 23.4 Å². The molecule has 0 aliphatic rings. The van der Waals surface area contributed by atoms with Gasteiger partial charge in [-0.15, -0.1) is 0 Å². The lowest BCUT2D eigenvalue weighted by atomic mass is 10.1. The number of anilines is 1. The van der Waals surface area contributed by atoms with E-state index in [4.69, 9.17) is 9.47 Å². The van der Waals surface area contributed by atoms with Gasteiger partial charge in [-0.25, -0.2) is 4.79 Å². The molecule has 2 aromatic carbocycles. The summed E-state index contributed by atoms with van der Waals surface area (Å²) in [5.41, 5.74) is 1.21. The summed E-state index contributed by atoms with van der Waals surface area (Å²) in [6, 6.07) is 13.6. The van der Waals surface area contributed by atoms with Crippen LogP contribution in [0.25, 0.3) is 0 Å². The predicted octanol–water partition coefficient (Wildman–Crippen LogP) is 3.90. The van der Waals surface area contributed by atoms with E-state index in [1.54, 1.807) is 48.5 Å². The minimum atomic E-state index is -0.495. The van der Waals surface area contributed by atoms with Gasteiger partial charge in [0.2, 0.25) is 0 Å². The minimum absolute atomic E-state index is 0.300. The average molecular weight is 327 g/mol. The molecule has 0 atom stereocenters. The van der Waals surface area contributed by atoms with Crippen molar-refractivity contribution in [1.29, 1.82) is 0 Å². The molecule has 0 fully saturated rings. The number of carbonyl (C=O) groups is 2. The van der Waals surface area contributed by atoms with Crippen molar-refractivity contribution in [2.75, 3.05) is 19.0 Å². The third kappa shape index (κ3) is 4.59. The Balaban J connectivity index is 2.06. The maximum atomic E-state index is 12.3. The maximum Gasteiger partial charge on any atom is 0.339 e. The van der Waals surface area contributed by atoms with Crippen LogP contribution >= 0.6 is 0 Å². The summed E-state index contributed by atoms with van der Waals surface area (Å²) in [7, 11) is 1.30. The summed E-state index contributed by atoms with van der Waals surface area (Å²) < 4.78 is 10.3. The molecule has 0 saturated carbocycles. The number of methoxy groups -OCH3 is 1. The Morgan fingerprint density at radius 1 is 1.04 bits per heavy atom. The molecule has 2 aromatic rings. The first-order valence-electron chi connectivity index (χ1n) is 7.87. The Labute approximate surface area is 141 Å². The van der Waals surface area contributed by atoms with Gasteiger partial charge in [-0.1, -0.05) is 25.5 Å². The molecule has 5 nitrogen and oxygen atoms in total. The molecule has 0 radical (unpaired) electrons. The molecular weight excluding hydrogens is 306 g/mol. The monoisotopic (exact) mass is 327 g/mol. The molecule has 1 N–H and O–H groups in total. The van der Waals surface area contributed by atoms with Crippen LogP contribution in [0.5, 0.6) is 5.75 Å². The highest BCUT2D eigenvalue weighted by atomic mass is 16.5. The van der Waals surface area contributed by atoms with Crippen LogP contribution in [0.2, 0.25) is 0 Å². The summed E-state index contributed by atoms with van der Waals surface area (Å²) in [5, 5.41) is 2.73. The quantitative estimate of drug-likeness (QED) is 0.619. The predicted molar refractivity (Wildman–Crippen MR) is 92.6 cm³/mol. The van der Waals surface area contributed by atoms with Crippen LogP contribution in [0.3, 0.4) is 0 Å². The number of nitrogens with one attached hydrogen (secondary N) is 1. The normalized spacial score (nSPS) is 10.1. The first-order valence-corrected chi connectivity index (χ1v) is 7.87. The number of benzene rings is 2. The van der Waals surface area contributed by atoms with Crippen LogP contribution in [-0.2, 0) is 4.74 Å². The molecule has 24 heavy (non-hydrogen) atoms. The Hall–Kier alpha value is -2.82. The lowest BCUT2D eigenvalue weighted by Crippen LogP contribution is -2.15. The largest absolute Gasteiger partial charge is 0.494 e. The Kier molecular flexibility index (Phi) is 6.37. The lowest BCUT2D eigenvalue weighted by Gasteiger charge is -2.10. The molecule has 1 amide bonds. The third-order valence-corrected chi connectivity index (χ3v) is 3.46. The van der Waals surface area contributed by atoms with Crippen LogP contribution < -0.4 is 10.1 Å². The van der Waals surface area contributed by atoms with Gasteiger partial charge in [-0.2, -0.15) is 0 Å². The number of unbranched alkanes of at least 4 members (excludes halogenated alkanes) is 1. The zero-order valence-corrected chi connectivity index (χ0v) is 13.9. The smallest absolute Gasteiger partial charge is 0.339 e. The molecule has 0 aromatic heterocycles. The Bertz CT molecular complexity index is 695. The second kappa shape index (κ2) is 8.72. The Morgan fingerprint density at radius 3 is 2.42 bits per heavy atom. The fourth-order valence-corrected chi connectivity index (χ4v) is 2.11. The van der Waals surface area contributed by atoms with E-state index in [1.165, 1.54) is 7.11 Å². The van der Waals surface area contributed by atoms with E-state index < -0.39 is 5.97 Å². The fourth-order valence-electron chi connectivity index (χ4n) is 2.11. The van der Waals surface area contributed by atoms with E-state index in [9.17, 15) is 9.59 Å². The van der Waals surface area contributed by atoms with Crippen molar-refractivity contribution in [3.05, 3.63) is 59.7 Å². The number of hydrogen-bond acceptors (Lipinski definition) is 4. The standard InChI is InChI=1S/C19H21NO4/c1-3-4-13-24-15-11-9-14(10-12-15)18(21)20-17-8-6-5-7-16(17)19(22)23-2/h5-12H,3-4,13H2,1-2H3,(H,20,21). The van der Waals surface area contributed by atoms with Crippen molar-refractivity contribution in [3.8, 4) is 5.75 Å². The molecule has 2 rings (SSSR count). The average Bonchev–Trinajstić information content (AvgIpc) is 2.62. The van der Waals surface area contributed by atoms with Gasteiger partial charge in [0.15, 0.2) is 0 Å². The van der Waals surface area contributed by atoms with Gasteiger partial charge in [0.05, 0.1) is 25.0 Å². The number of rotatable bonds is 7.